The van der Waals surface area contributed by atoms with Crippen LogP contribution >= 0.6 is 0 Å². The van der Waals surface area contributed by atoms with E-state index in [1.807, 2.05) is 13.0 Å². The zero-order chi connectivity index (χ0) is 11.5. The van der Waals surface area contributed by atoms with Crippen molar-refractivity contribution < 1.29 is 4.74 Å². The maximum atomic E-state index is 6.04. The summed E-state index contributed by atoms with van der Waals surface area (Å²) >= 11 is 0. The highest BCUT2D eigenvalue weighted by molar-refractivity contribution is 5.56. The lowest BCUT2D eigenvalue weighted by Crippen LogP contribution is -2.35. The fourth-order valence-electron chi connectivity index (χ4n) is 2.19. The lowest BCUT2D eigenvalue weighted by atomic mass is 10.1. The van der Waals surface area contributed by atoms with Crippen LogP contribution in [0.4, 0.5) is 5.69 Å². The van der Waals surface area contributed by atoms with Gasteiger partial charge in [-0.3, -0.25) is 4.98 Å². The molecule has 1 aromatic rings. The highest BCUT2D eigenvalue weighted by atomic mass is 16.5. The van der Waals surface area contributed by atoms with Gasteiger partial charge in [0.2, 0.25) is 0 Å². The van der Waals surface area contributed by atoms with Gasteiger partial charge in [0.1, 0.15) is 0 Å². The van der Waals surface area contributed by atoms with Gasteiger partial charge in [-0.1, -0.05) is 0 Å². The van der Waals surface area contributed by atoms with Crippen molar-refractivity contribution in [3.8, 4) is 5.75 Å². The fraction of sp³-hybridized carbons (Fsp3) is 0.583. The third-order valence-electron chi connectivity index (χ3n) is 3.13. The highest BCUT2D eigenvalue weighted by Crippen LogP contribution is 2.28. The summed E-state index contributed by atoms with van der Waals surface area (Å²) < 4.78 is 5.28. The number of anilines is 1. The Labute approximate surface area is 96.2 Å². The predicted molar refractivity (Wildman–Crippen MR) is 64.8 cm³/mol. The molecule has 0 spiro atoms. The zero-order valence-electron chi connectivity index (χ0n) is 9.86. The number of hydrogen-bond donors (Lipinski definition) is 2. The number of aromatic nitrogens is 1. The van der Waals surface area contributed by atoms with E-state index < -0.39 is 0 Å². The van der Waals surface area contributed by atoms with E-state index in [4.69, 9.17) is 10.5 Å². The van der Waals surface area contributed by atoms with Crippen molar-refractivity contribution in [1.82, 2.24) is 4.98 Å². The average molecular weight is 221 g/mol. The Morgan fingerprint density at radius 2 is 2.31 bits per heavy atom. The van der Waals surface area contributed by atoms with Crippen LogP contribution in [0.5, 0.6) is 5.75 Å². The maximum absolute atomic E-state index is 6.04. The van der Waals surface area contributed by atoms with Crippen molar-refractivity contribution in [3.63, 3.8) is 0 Å². The van der Waals surface area contributed by atoms with Crippen molar-refractivity contribution in [3.05, 3.63) is 18.0 Å². The molecule has 1 heterocycles. The summed E-state index contributed by atoms with van der Waals surface area (Å²) in [6.45, 7) is 1.97. The standard InChI is InChI=1S/C12H19N3O/c1-8-6-11(12(16-2)7-14-8)15-10-5-3-4-9(10)13/h6-7,9-10H,3-5,13H2,1-2H3,(H,14,15). The van der Waals surface area contributed by atoms with Gasteiger partial charge in [0.05, 0.1) is 19.0 Å². The quantitative estimate of drug-likeness (QED) is 0.815. The third-order valence-corrected chi connectivity index (χ3v) is 3.13. The third kappa shape index (κ3) is 2.27. The Morgan fingerprint density at radius 1 is 1.50 bits per heavy atom. The molecule has 0 amide bonds. The van der Waals surface area contributed by atoms with Gasteiger partial charge >= 0.3 is 0 Å². The van der Waals surface area contributed by atoms with E-state index in [1.165, 1.54) is 6.42 Å². The van der Waals surface area contributed by atoms with Gasteiger partial charge in [-0.25, -0.2) is 0 Å². The second kappa shape index (κ2) is 4.70. The summed E-state index contributed by atoms with van der Waals surface area (Å²) in [6.07, 6.45) is 5.18. The smallest absolute Gasteiger partial charge is 0.160 e. The molecular formula is C12H19N3O. The first-order valence-electron chi connectivity index (χ1n) is 5.73. The van der Waals surface area contributed by atoms with Crippen LogP contribution in [-0.2, 0) is 0 Å². The lowest BCUT2D eigenvalue weighted by molar-refractivity contribution is 0.413. The second-order valence-corrected chi connectivity index (χ2v) is 4.37. The molecule has 2 atom stereocenters. The van der Waals surface area contributed by atoms with E-state index >= 15 is 0 Å². The van der Waals surface area contributed by atoms with Crippen LogP contribution in [0.3, 0.4) is 0 Å². The maximum Gasteiger partial charge on any atom is 0.160 e. The number of aryl methyl sites for hydroxylation is 1. The predicted octanol–water partition coefficient (Wildman–Crippen LogP) is 1.69. The van der Waals surface area contributed by atoms with Gasteiger partial charge in [0.25, 0.3) is 0 Å². The Balaban J connectivity index is 2.16. The molecule has 0 bridgehead atoms. The minimum atomic E-state index is 0.248. The zero-order valence-corrected chi connectivity index (χ0v) is 9.86. The first-order valence-corrected chi connectivity index (χ1v) is 5.73. The molecule has 1 fully saturated rings. The molecular weight excluding hydrogens is 202 g/mol. The molecule has 88 valence electrons. The van der Waals surface area contributed by atoms with Crippen molar-refractivity contribution in [1.29, 1.82) is 0 Å². The second-order valence-electron chi connectivity index (χ2n) is 4.37. The summed E-state index contributed by atoms with van der Waals surface area (Å²) in [5.41, 5.74) is 8.02. The van der Waals surface area contributed by atoms with Crippen molar-refractivity contribution in [2.75, 3.05) is 12.4 Å². The summed E-state index contributed by atoms with van der Waals surface area (Å²) in [7, 11) is 1.66. The van der Waals surface area contributed by atoms with E-state index in [0.717, 1.165) is 30.0 Å². The summed E-state index contributed by atoms with van der Waals surface area (Å²) in [5, 5.41) is 3.46. The van der Waals surface area contributed by atoms with Crippen LogP contribution in [0.1, 0.15) is 25.0 Å². The molecule has 3 N–H and O–H groups in total. The molecule has 1 aliphatic rings. The summed E-state index contributed by atoms with van der Waals surface area (Å²) in [6, 6.07) is 2.61. The number of ether oxygens (including phenoxy) is 1. The minimum Gasteiger partial charge on any atom is -0.493 e. The number of methoxy groups -OCH3 is 1. The number of nitrogens with zero attached hydrogens (tertiary/aromatic N) is 1. The van der Waals surface area contributed by atoms with E-state index in [0.29, 0.717) is 6.04 Å². The van der Waals surface area contributed by atoms with Crippen LogP contribution in [0.2, 0.25) is 0 Å². The molecule has 0 saturated heterocycles. The van der Waals surface area contributed by atoms with Crippen LogP contribution < -0.4 is 15.8 Å². The first kappa shape index (κ1) is 11.2. The molecule has 0 aromatic carbocycles. The monoisotopic (exact) mass is 221 g/mol. The Bertz CT molecular complexity index is 367. The van der Waals surface area contributed by atoms with E-state index in [9.17, 15) is 0 Å². The molecule has 4 heteroatoms. The Hall–Kier alpha value is -1.29. The van der Waals surface area contributed by atoms with Gasteiger partial charge in [-0.2, -0.15) is 0 Å². The number of hydrogen-bond acceptors (Lipinski definition) is 4. The molecule has 1 aromatic heterocycles. The molecule has 2 rings (SSSR count). The van der Waals surface area contributed by atoms with Gasteiger partial charge in [0.15, 0.2) is 5.75 Å². The highest BCUT2D eigenvalue weighted by Gasteiger charge is 2.24. The largest absolute Gasteiger partial charge is 0.493 e. The van der Waals surface area contributed by atoms with Crippen molar-refractivity contribution >= 4 is 5.69 Å². The molecule has 0 radical (unpaired) electrons. The molecule has 16 heavy (non-hydrogen) atoms. The van der Waals surface area contributed by atoms with Gasteiger partial charge in [-0.05, 0) is 32.3 Å². The number of rotatable bonds is 3. The Morgan fingerprint density at radius 3 is 2.94 bits per heavy atom. The van der Waals surface area contributed by atoms with Crippen molar-refractivity contribution in [2.24, 2.45) is 5.73 Å². The van der Waals surface area contributed by atoms with E-state index in [1.54, 1.807) is 13.3 Å². The van der Waals surface area contributed by atoms with Crippen LogP contribution in [0.25, 0.3) is 0 Å². The van der Waals surface area contributed by atoms with E-state index in [2.05, 4.69) is 10.3 Å². The fourth-order valence-corrected chi connectivity index (χ4v) is 2.19. The van der Waals surface area contributed by atoms with Gasteiger partial charge in [-0.15, -0.1) is 0 Å². The SMILES string of the molecule is COc1cnc(C)cc1NC1CCCC1N. The normalized spacial score (nSPS) is 24.4. The number of nitrogens with two attached hydrogens (primary N) is 1. The van der Waals surface area contributed by atoms with E-state index in [-0.39, 0.29) is 6.04 Å². The molecule has 2 unspecified atom stereocenters. The lowest BCUT2D eigenvalue weighted by Gasteiger charge is -2.20. The van der Waals surface area contributed by atoms with Crippen LogP contribution in [0, 0.1) is 6.92 Å². The van der Waals surface area contributed by atoms with Crippen LogP contribution in [0.15, 0.2) is 12.3 Å². The number of nitrogens with one attached hydrogen (secondary N) is 1. The molecule has 0 aliphatic heterocycles. The van der Waals surface area contributed by atoms with Crippen LogP contribution in [-0.4, -0.2) is 24.2 Å². The first-order chi connectivity index (χ1) is 7.70. The minimum absolute atomic E-state index is 0.248. The molecule has 1 aliphatic carbocycles. The number of pyridine rings is 1. The summed E-state index contributed by atoms with van der Waals surface area (Å²) in [4.78, 5) is 4.21. The average Bonchev–Trinajstić information content (AvgIpc) is 2.65. The van der Waals surface area contributed by atoms with Crippen molar-refractivity contribution in [2.45, 2.75) is 38.3 Å². The van der Waals surface area contributed by atoms with Gasteiger partial charge < -0.3 is 15.8 Å². The topological polar surface area (TPSA) is 60.2 Å². The van der Waals surface area contributed by atoms with Gasteiger partial charge in [0, 0.05) is 17.8 Å². The Kier molecular flexibility index (Phi) is 3.29. The summed E-state index contributed by atoms with van der Waals surface area (Å²) in [5.74, 6) is 0.782. The molecule has 4 nitrogen and oxygen atoms in total. The molecule has 1 saturated carbocycles.